The average molecular weight is 442 g/mol. The number of rotatable bonds is 6. The molecule has 3 rings (SSSR count). The van der Waals surface area contributed by atoms with Crippen molar-refractivity contribution in [3.05, 3.63) is 53.6 Å². The van der Waals surface area contributed by atoms with Gasteiger partial charge in [-0.2, -0.15) is 9.57 Å². The van der Waals surface area contributed by atoms with Gasteiger partial charge in [-0.15, -0.1) is 0 Å². The number of nitriles is 1. The van der Waals surface area contributed by atoms with Crippen molar-refractivity contribution < 1.29 is 17.9 Å². The summed E-state index contributed by atoms with van der Waals surface area (Å²) in [5.74, 6) is -0.0932. The molecule has 2 aromatic carbocycles. The third-order valence-electron chi connectivity index (χ3n) is 5.46. The first-order valence-corrected chi connectivity index (χ1v) is 11.9. The normalized spacial score (nSPS) is 15.0. The Morgan fingerprint density at radius 1 is 1.10 bits per heavy atom. The van der Waals surface area contributed by atoms with E-state index in [1.54, 1.807) is 35.2 Å². The van der Waals surface area contributed by atoms with E-state index in [1.807, 2.05) is 6.92 Å². The van der Waals surface area contributed by atoms with E-state index in [4.69, 9.17) is 10.00 Å². The fourth-order valence-corrected chi connectivity index (χ4v) is 5.45. The Hall–Kier alpha value is -2.89. The largest absolute Gasteiger partial charge is 0.495 e. The van der Waals surface area contributed by atoms with Gasteiger partial charge in [0.25, 0.3) is 5.91 Å². The highest BCUT2D eigenvalue weighted by Gasteiger charge is 2.30. The number of methoxy groups -OCH3 is 1. The molecule has 0 bridgehead atoms. The molecule has 1 amide bonds. The molecule has 31 heavy (non-hydrogen) atoms. The van der Waals surface area contributed by atoms with Crippen molar-refractivity contribution in [2.75, 3.05) is 31.6 Å². The molecule has 1 fully saturated rings. The van der Waals surface area contributed by atoms with Crippen molar-refractivity contribution in [2.45, 2.75) is 37.5 Å². The number of ether oxygens (including phenoxy) is 1. The SMILES string of the molecule is CCN(C(=O)c1ccc(OC)c(S(=O)(=O)N2CCCCCC2)c1)c1ccc(C#N)cc1. The van der Waals surface area contributed by atoms with Crippen molar-refractivity contribution in [2.24, 2.45) is 0 Å². The summed E-state index contributed by atoms with van der Waals surface area (Å²) in [6.45, 7) is 3.17. The van der Waals surface area contributed by atoms with E-state index in [1.165, 1.54) is 23.5 Å². The van der Waals surface area contributed by atoms with Crippen molar-refractivity contribution in [3.8, 4) is 11.8 Å². The molecular weight excluding hydrogens is 414 g/mol. The van der Waals surface area contributed by atoms with Crippen LogP contribution in [0, 0.1) is 11.3 Å². The minimum Gasteiger partial charge on any atom is -0.495 e. The van der Waals surface area contributed by atoms with Crippen LogP contribution in [-0.4, -0.2) is 45.4 Å². The van der Waals surface area contributed by atoms with Crippen LogP contribution in [0.25, 0.3) is 0 Å². The van der Waals surface area contributed by atoms with Gasteiger partial charge in [-0.3, -0.25) is 4.79 Å². The van der Waals surface area contributed by atoms with Crippen LogP contribution in [0.15, 0.2) is 47.4 Å². The van der Waals surface area contributed by atoms with Gasteiger partial charge >= 0.3 is 0 Å². The maximum atomic E-state index is 13.4. The quantitative estimate of drug-likeness (QED) is 0.680. The number of carbonyl (C=O) groups excluding carboxylic acids is 1. The molecule has 1 aliphatic heterocycles. The zero-order valence-corrected chi connectivity index (χ0v) is 18.7. The van der Waals surface area contributed by atoms with E-state index in [-0.39, 0.29) is 22.1 Å². The van der Waals surface area contributed by atoms with Crippen LogP contribution >= 0.6 is 0 Å². The minimum absolute atomic E-state index is 0.0126. The topological polar surface area (TPSA) is 90.7 Å². The Morgan fingerprint density at radius 3 is 2.29 bits per heavy atom. The van der Waals surface area contributed by atoms with Crippen LogP contribution in [0.4, 0.5) is 5.69 Å². The van der Waals surface area contributed by atoms with E-state index < -0.39 is 10.0 Å². The Bertz CT molecular complexity index is 1070. The molecule has 0 saturated carbocycles. The Morgan fingerprint density at radius 2 is 1.74 bits per heavy atom. The summed E-state index contributed by atoms with van der Waals surface area (Å²) < 4.78 is 33.5. The smallest absolute Gasteiger partial charge is 0.258 e. The molecule has 1 saturated heterocycles. The van der Waals surface area contributed by atoms with Crippen LogP contribution in [0.2, 0.25) is 0 Å². The second kappa shape index (κ2) is 9.94. The standard InChI is InChI=1S/C23H27N3O4S/c1-3-26(20-11-8-18(17-24)9-12-20)23(27)19-10-13-21(30-2)22(16-19)31(28,29)25-14-6-4-5-7-15-25/h8-13,16H,3-7,14-15H2,1-2H3. The second-order valence-corrected chi connectivity index (χ2v) is 9.30. The molecular formula is C23H27N3O4S. The number of carbonyl (C=O) groups is 1. The molecule has 1 aliphatic rings. The zero-order chi connectivity index (χ0) is 22.4. The van der Waals surface area contributed by atoms with Gasteiger partial charge in [0.05, 0.1) is 18.7 Å². The summed E-state index contributed by atoms with van der Waals surface area (Å²) in [6.07, 6.45) is 3.67. The highest BCUT2D eigenvalue weighted by molar-refractivity contribution is 7.89. The monoisotopic (exact) mass is 441 g/mol. The fraction of sp³-hybridized carbons (Fsp3) is 0.391. The second-order valence-electron chi connectivity index (χ2n) is 7.39. The molecule has 2 aromatic rings. The Kier molecular flexibility index (Phi) is 7.31. The first-order valence-electron chi connectivity index (χ1n) is 10.4. The van der Waals surface area contributed by atoms with Crippen molar-refractivity contribution in [3.63, 3.8) is 0 Å². The summed E-state index contributed by atoms with van der Waals surface area (Å²) in [4.78, 5) is 14.8. The lowest BCUT2D eigenvalue weighted by atomic mass is 10.1. The van der Waals surface area contributed by atoms with Crippen molar-refractivity contribution in [1.29, 1.82) is 5.26 Å². The van der Waals surface area contributed by atoms with Gasteiger partial charge < -0.3 is 9.64 Å². The molecule has 0 radical (unpaired) electrons. The Labute approximate surface area is 183 Å². The number of hydrogen-bond donors (Lipinski definition) is 0. The average Bonchev–Trinajstić information content (AvgIpc) is 3.10. The molecule has 7 nitrogen and oxygen atoms in total. The minimum atomic E-state index is -3.79. The summed E-state index contributed by atoms with van der Waals surface area (Å²) in [7, 11) is -2.36. The highest BCUT2D eigenvalue weighted by atomic mass is 32.2. The number of nitrogens with zero attached hydrogens (tertiary/aromatic N) is 3. The third kappa shape index (κ3) is 4.89. The van der Waals surface area contributed by atoms with Crippen molar-refractivity contribution >= 4 is 21.6 Å². The molecule has 1 heterocycles. The summed E-state index contributed by atoms with van der Waals surface area (Å²) in [6, 6.07) is 13.3. The molecule has 0 N–H and O–H groups in total. The maximum Gasteiger partial charge on any atom is 0.258 e. The van der Waals surface area contributed by atoms with Gasteiger partial charge in [-0.05, 0) is 62.2 Å². The van der Waals surface area contributed by atoms with Crippen LogP contribution in [0.1, 0.15) is 48.5 Å². The first-order chi connectivity index (χ1) is 14.9. The van der Waals surface area contributed by atoms with Crippen molar-refractivity contribution in [1.82, 2.24) is 4.31 Å². The van der Waals surface area contributed by atoms with E-state index in [9.17, 15) is 13.2 Å². The third-order valence-corrected chi connectivity index (χ3v) is 7.38. The lowest BCUT2D eigenvalue weighted by Crippen LogP contribution is -2.33. The number of anilines is 1. The van der Waals surface area contributed by atoms with Gasteiger partial charge in [-0.25, -0.2) is 8.42 Å². The number of hydrogen-bond acceptors (Lipinski definition) is 5. The van der Waals surface area contributed by atoms with Crippen LogP contribution in [0.5, 0.6) is 5.75 Å². The Balaban J connectivity index is 1.98. The predicted molar refractivity (Wildman–Crippen MR) is 119 cm³/mol. The summed E-state index contributed by atoms with van der Waals surface area (Å²) >= 11 is 0. The molecule has 0 unspecified atom stereocenters. The molecule has 0 aromatic heterocycles. The number of benzene rings is 2. The van der Waals surface area contributed by atoms with Crippen LogP contribution < -0.4 is 9.64 Å². The summed E-state index contributed by atoms with van der Waals surface area (Å²) in [5.41, 5.74) is 1.40. The number of amides is 1. The van der Waals surface area contributed by atoms with Gasteiger partial charge in [0.2, 0.25) is 10.0 Å². The highest BCUT2D eigenvalue weighted by Crippen LogP contribution is 2.30. The zero-order valence-electron chi connectivity index (χ0n) is 17.9. The molecule has 0 atom stereocenters. The fourth-order valence-electron chi connectivity index (χ4n) is 3.75. The lowest BCUT2D eigenvalue weighted by Gasteiger charge is -2.24. The van der Waals surface area contributed by atoms with Gasteiger partial charge in [0.15, 0.2) is 0 Å². The van der Waals surface area contributed by atoms with E-state index in [0.717, 1.165) is 25.7 Å². The van der Waals surface area contributed by atoms with Gasteiger partial charge in [0.1, 0.15) is 10.6 Å². The van der Waals surface area contributed by atoms with Gasteiger partial charge in [0, 0.05) is 30.9 Å². The van der Waals surface area contributed by atoms with Crippen LogP contribution in [-0.2, 0) is 10.0 Å². The van der Waals surface area contributed by atoms with Gasteiger partial charge in [-0.1, -0.05) is 12.8 Å². The lowest BCUT2D eigenvalue weighted by molar-refractivity contribution is 0.0988. The molecule has 164 valence electrons. The van der Waals surface area contributed by atoms with Crippen LogP contribution in [0.3, 0.4) is 0 Å². The van der Waals surface area contributed by atoms with E-state index in [2.05, 4.69) is 6.07 Å². The van der Waals surface area contributed by atoms with E-state index >= 15 is 0 Å². The number of sulfonamides is 1. The molecule has 0 aliphatic carbocycles. The summed E-state index contributed by atoms with van der Waals surface area (Å²) in [5, 5.41) is 8.99. The predicted octanol–water partition coefficient (Wildman–Crippen LogP) is 3.80. The maximum absolute atomic E-state index is 13.4. The van der Waals surface area contributed by atoms with E-state index in [0.29, 0.717) is 30.9 Å². The first kappa shape index (κ1) is 22.8. The molecule has 8 heteroatoms. The molecule has 0 spiro atoms.